The molecule has 3 aromatic carbocycles. The SMILES string of the molecule is C=C(C)/C=C/[C@]1(n2[nH]c(=O)n(-c3ccccc3)c2=O)C(=O)N(c2ccc(OC)cc2)[C@@H]1c1ccccc1. The third kappa shape index (κ3) is 3.83. The maximum atomic E-state index is 14.2. The van der Waals surface area contributed by atoms with Crippen LogP contribution in [0, 0.1) is 0 Å². The number of allylic oxidation sites excluding steroid dienone is 2. The zero-order valence-electron chi connectivity index (χ0n) is 20.5. The number of methoxy groups -OCH3 is 1. The highest BCUT2D eigenvalue weighted by Gasteiger charge is 2.63. The van der Waals surface area contributed by atoms with Gasteiger partial charge in [-0.2, -0.15) is 0 Å². The number of nitrogens with one attached hydrogen (secondary N) is 1. The van der Waals surface area contributed by atoms with Crippen molar-refractivity contribution in [3.8, 4) is 11.4 Å². The molecule has 1 amide bonds. The fourth-order valence-corrected chi connectivity index (χ4v) is 4.77. The quantitative estimate of drug-likeness (QED) is 0.311. The number of carbonyl (C=O) groups is 1. The predicted molar refractivity (Wildman–Crippen MR) is 142 cm³/mol. The molecule has 4 aromatic rings. The zero-order valence-corrected chi connectivity index (χ0v) is 20.5. The van der Waals surface area contributed by atoms with E-state index in [1.807, 2.05) is 30.3 Å². The molecule has 0 unspecified atom stereocenters. The molecular weight excluding hydrogens is 468 g/mol. The molecule has 0 radical (unpaired) electrons. The topological polar surface area (TPSA) is 89.3 Å². The molecule has 2 atom stereocenters. The van der Waals surface area contributed by atoms with Crippen molar-refractivity contribution in [3.63, 3.8) is 0 Å². The molecule has 1 aromatic heterocycles. The van der Waals surface area contributed by atoms with Gasteiger partial charge >= 0.3 is 11.4 Å². The maximum Gasteiger partial charge on any atom is 0.353 e. The lowest BCUT2D eigenvalue weighted by atomic mass is 9.74. The second-order valence-corrected chi connectivity index (χ2v) is 8.90. The van der Waals surface area contributed by atoms with Gasteiger partial charge in [-0.05, 0) is 55.0 Å². The monoisotopic (exact) mass is 494 g/mol. The fraction of sp³-hybridized carbons (Fsp3) is 0.138. The molecule has 5 rings (SSSR count). The Morgan fingerprint density at radius 3 is 2.14 bits per heavy atom. The molecule has 0 aliphatic carbocycles. The van der Waals surface area contributed by atoms with Crippen LogP contribution < -0.4 is 21.0 Å². The average molecular weight is 495 g/mol. The van der Waals surface area contributed by atoms with Crippen molar-refractivity contribution in [2.24, 2.45) is 0 Å². The third-order valence-electron chi connectivity index (χ3n) is 6.50. The van der Waals surface area contributed by atoms with Crippen LogP contribution >= 0.6 is 0 Å². The summed E-state index contributed by atoms with van der Waals surface area (Å²) in [6.07, 6.45) is 3.35. The normalized spacial score (nSPS) is 19.1. The van der Waals surface area contributed by atoms with Gasteiger partial charge in [0.1, 0.15) is 11.8 Å². The summed E-state index contributed by atoms with van der Waals surface area (Å²) in [6.45, 7) is 5.73. The van der Waals surface area contributed by atoms with Crippen molar-refractivity contribution in [1.29, 1.82) is 0 Å². The summed E-state index contributed by atoms with van der Waals surface area (Å²) >= 11 is 0. The highest BCUT2D eigenvalue weighted by Crippen LogP contribution is 2.51. The van der Waals surface area contributed by atoms with E-state index in [9.17, 15) is 14.4 Å². The Hall–Kier alpha value is -4.85. The van der Waals surface area contributed by atoms with Gasteiger partial charge in [-0.1, -0.05) is 66.8 Å². The van der Waals surface area contributed by atoms with E-state index in [2.05, 4.69) is 11.7 Å². The summed E-state index contributed by atoms with van der Waals surface area (Å²) in [5, 5.41) is 2.66. The number of amides is 1. The van der Waals surface area contributed by atoms with E-state index >= 15 is 0 Å². The van der Waals surface area contributed by atoms with Gasteiger partial charge in [-0.25, -0.2) is 23.9 Å². The number of aromatic nitrogens is 3. The van der Waals surface area contributed by atoms with Crippen LogP contribution in [0.15, 0.2) is 119 Å². The van der Waals surface area contributed by atoms with Gasteiger partial charge in [-0.3, -0.25) is 9.69 Å². The number of aromatic amines is 1. The molecular formula is C29H26N4O4. The lowest BCUT2D eigenvalue weighted by Gasteiger charge is -2.54. The number of hydrogen-bond donors (Lipinski definition) is 1. The number of para-hydroxylation sites is 1. The van der Waals surface area contributed by atoms with Crippen LogP contribution in [0.4, 0.5) is 5.69 Å². The first-order valence-electron chi connectivity index (χ1n) is 11.8. The summed E-state index contributed by atoms with van der Waals surface area (Å²) in [5.74, 6) is 0.287. The standard InChI is InChI=1S/C29H26N4O4/c1-20(2)18-19-29(33-28(36)32(27(35)30-33)22-12-8-5-9-13-22)25(21-10-6-4-7-11-21)31(26(29)34)23-14-16-24(37-3)17-15-23/h4-19,25H,1H2,2-3H3,(H,30,35)/b19-18+/t25-,29-/m1/s1. The molecule has 0 bridgehead atoms. The highest BCUT2D eigenvalue weighted by atomic mass is 16.5. The first-order chi connectivity index (χ1) is 17.9. The van der Waals surface area contributed by atoms with Crippen LogP contribution in [-0.2, 0) is 10.3 Å². The number of benzene rings is 3. The highest BCUT2D eigenvalue weighted by molar-refractivity contribution is 6.09. The lowest BCUT2D eigenvalue weighted by molar-refractivity contribution is -0.135. The van der Waals surface area contributed by atoms with E-state index in [1.54, 1.807) is 85.7 Å². The smallest absolute Gasteiger partial charge is 0.353 e. The summed E-state index contributed by atoms with van der Waals surface area (Å²) in [7, 11) is 1.57. The van der Waals surface area contributed by atoms with E-state index in [0.29, 0.717) is 22.7 Å². The van der Waals surface area contributed by atoms with Crippen LogP contribution in [0.25, 0.3) is 5.69 Å². The first kappa shape index (κ1) is 23.9. The first-order valence-corrected chi connectivity index (χ1v) is 11.8. The Kier molecular flexibility index (Phi) is 6.01. The van der Waals surface area contributed by atoms with Gasteiger partial charge in [0.25, 0.3) is 5.91 Å². The largest absolute Gasteiger partial charge is 0.497 e. The minimum atomic E-state index is -1.53. The molecule has 1 saturated heterocycles. The zero-order chi connectivity index (χ0) is 26.2. The van der Waals surface area contributed by atoms with Crippen molar-refractivity contribution < 1.29 is 9.53 Å². The van der Waals surface area contributed by atoms with Crippen LogP contribution in [0.5, 0.6) is 5.75 Å². The maximum absolute atomic E-state index is 14.2. The van der Waals surface area contributed by atoms with Crippen molar-refractivity contribution in [3.05, 3.63) is 136 Å². The lowest BCUT2D eigenvalue weighted by Crippen LogP contribution is -2.70. The van der Waals surface area contributed by atoms with E-state index in [4.69, 9.17) is 4.74 Å². The van der Waals surface area contributed by atoms with Crippen molar-refractivity contribution >= 4 is 11.6 Å². The van der Waals surface area contributed by atoms with Gasteiger partial charge < -0.3 is 4.74 Å². The molecule has 1 aliphatic heterocycles. The number of β-lactam (4-membered cyclic amide) rings is 1. The Morgan fingerprint density at radius 1 is 0.919 bits per heavy atom. The van der Waals surface area contributed by atoms with E-state index in [0.717, 1.165) is 14.8 Å². The number of H-pyrrole nitrogens is 1. The summed E-state index contributed by atoms with van der Waals surface area (Å²) in [5.41, 5.74) is -0.285. The third-order valence-corrected chi connectivity index (χ3v) is 6.50. The molecule has 1 N–H and O–H groups in total. The number of nitrogens with zero attached hydrogens (tertiary/aromatic N) is 3. The number of carbonyl (C=O) groups excluding carboxylic acids is 1. The molecule has 1 fully saturated rings. The molecule has 186 valence electrons. The van der Waals surface area contributed by atoms with Crippen molar-refractivity contribution in [1.82, 2.24) is 14.3 Å². The van der Waals surface area contributed by atoms with Gasteiger partial charge in [-0.15, -0.1) is 0 Å². The van der Waals surface area contributed by atoms with Crippen LogP contribution in [0.1, 0.15) is 18.5 Å². The number of hydrogen-bond acceptors (Lipinski definition) is 4. The van der Waals surface area contributed by atoms with Crippen LogP contribution in [0.2, 0.25) is 0 Å². The summed E-state index contributed by atoms with van der Waals surface area (Å²) in [4.78, 5) is 42.6. The Labute approximate surface area is 213 Å². The van der Waals surface area contributed by atoms with Gasteiger partial charge in [0, 0.05) is 5.69 Å². The summed E-state index contributed by atoms with van der Waals surface area (Å²) in [6, 6.07) is 24.5. The molecule has 2 heterocycles. The Bertz CT molecular complexity index is 1600. The summed E-state index contributed by atoms with van der Waals surface area (Å²) < 4.78 is 7.45. The second-order valence-electron chi connectivity index (χ2n) is 8.90. The van der Waals surface area contributed by atoms with E-state index < -0.39 is 23.0 Å². The molecule has 8 heteroatoms. The Morgan fingerprint density at radius 2 is 1.54 bits per heavy atom. The fourth-order valence-electron chi connectivity index (χ4n) is 4.77. The molecule has 37 heavy (non-hydrogen) atoms. The average Bonchev–Trinajstić information content (AvgIpc) is 3.22. The van der Waals surface area contributed by atoms with Crippen molar-refractivity contribution in [2.45, 2.75) is 18.5 Å². The van der Waals surface area contributed by atoms with Gasteiger partial charge in [0.15, 0.2) is 5.54 Å². The second kappa shape index (κ2) is 9.31. The molecule has 0 saturated carbocycles. The predicted octanol–water partition coefficient (Wildman–Crippen LogP) is 3.95. The van der Waals surface area contributed by atoms with E-state index in [1.165, 1.54) is 0 Å². The van der Waals surface area contributed by atoms with E-state index in [-0.39, 0.29) is 5.91 Å². The van der Waals surface area contributed by atoms with Crippen molar-refractivity contribution in [2.75, 3.05) is 12.0 Å². The van der Waals surface area contributed by atoms with Crippen LogP contribution in [-0.4, -0.2) is 27.4 Å². The minimum Gasteiger partial charge on any atom is -0.497 e. The number of ether oxygens (including phenoxy) is 1. The Balaban J connectivity index is 1.76. The molecule has 1 aliphatic rings. The minimum absolute atomic E-state index is 0.368. The van der Waals surface area contributed by atoms with Gasteiger partial charge in [0.05, 0.1) is 12.8 Å². The molecule has 8 nitrogen and oxygen atoms in total. The van der Waals surface area contributed by atoms with Crippen LogP contribution in [0.3, 0.4) is 0 Å². The number of anilines is 1. The van der Waals surface area contributed by atoms with Gasteiger partial charge in [0.2, 0.25) is 0 Å². The number of rotatable bonds is 7. The molecule has 0 spiro atoms.